The monoisotopic (exact) mass is 314 g/mol. The second-order valence-electron chi connectivity index (χ2n) is 3.25. The van der Waals surface area contributed by atoms with E-state index in [0.717, 1.165) is 4.47 Å². The number of nitrogens with zero attached hydrogens (tertiary/aromatic N) is 3. The minimum Gasteiger partial charge on any atom is -0.409 e. The lowest BCUT2D eigenvalue weighted by Gasteiger charge is -2.08. The molecule has 17 heavy (non-hydrogen) atoms. The van der Waals surface area contributed by atoms with Crippen LogP contribution in [0.5, 0.6) is 0 Å². The molecule has 2 rings (SSSR count). The quantitative estimate of drug-likeness (QED) is 0.387. The van der Waals surface area contributed by atoms with Gasteiger partial charge in [-0.2, -0.15) is 5.10 Å². The van der Waals surface area contributed by atoms with E-state index in [1.54, 1.807) is 23.0 Å². The highest BCUT2D eigenvalue weighted by molar-refractivity contribution is 9.10. The number of rotatable bonds is 2. The highest BCUT2D eigenvalue weighted by Gasteiger charge is 2.10. The van der Waals surface area contributed by atoms with Crippen molar-refractivity contribution in [3.05, 3.63) is 45.7 Å². The van der Waals surface area contributed by atoms with E-state index in [-0.39, 0.29) is 5.84 Å². The van der Waals surface area contributed by atoms with Crippen LogP contribution in [0.25, 0.3) is 5.69 Å². The number of benzene rings is 1. The Morgan fingerprint density at radius 1 is 1.53 bits per heavy atom. The van der Waals surface area contributed by atoms with Crippen molar-refractivity contribution in [1.29, 1.82) is 0 Å². The first-order valence-electron chi connectivity index (χ1n) is 4.60. The maximum absolute atomic E-state index is 8.75. The van der Waals surface area contributed by atoms with Gasteiger partial charge in [0.25, 0.3) is 0 Å². The first-order chi connectivity index (χ1) is 8.11. The van der Waals surface area contributed by atoms with E-state index < -0.39 is 0 Å². The summed E-state index contributed by atoms with van der Waals surface area (Å²) in [5.74, 6) is 0.00734. The van der Waals surface area contributed by atoms with Crippen molar-refractivity contribution < 1.29 is 5.21 Å². The highest BCUT2D eigenvalue weighted by Crippen LogP contribution is 2.21. The van der Waals surface area contributed by atoms with Gasteiger partial charge in [0.2, 0.25) is 0 Å². The predicted octanol–water partition coefficient (Wildman–Crippen LogP) is 2.38. The lowest BCUT2D eigenvalue weighted by Crippen LogP contribution is -2.16. The summed E-state index contributed by atoms with van der Waals surface area (Å²) in [7, 11) is 0. The van der Waals surface area contributed by atoms with Gasteiger partial charge >= 0.3 is 0 Å². The second kappa shape index (κ2) is 4.77. The average molecular weight is 316 g/mol. The van der Waals surface area contributed by atoms with Crippen LogP contribution in [0.2, 0.25) is 5.02 Å². The van der Waals surface area contributed by atoms with Gasteiger partial charge < -0.3 is 10.9 Å². The number of amidine groups is 1. The van der Waals surface area contributed by atoms with E-state index in [4.69, 9.17) is 22.5 Å². The van der Waals surface area contributed by atoms with E-state index in [2.05, 4.69) is 26.2 Å². The fourth-order valence-corrected chi connectivity index (χ4v) is 1.90. The molecule has 7 heteroatoms. The molecule has 3 N–H and O–H groups in total. The summed E-state index contributed by atoms with van der Waals surface area (Å²) in [5.41, 5.74) is 6.85. The van der Waals surface area contributed by atoms with E-state index in [1.807, 2.05) is 6.07 Å². The van der Waals surface area contributed by atoms with Gasteiger partial charge in [0.1, 0.15) is 0 Å². The van der Waals surface area contributed by atoms with Gasteiger partial charge in [-0.15, -0.1) is 0 Å². The Morgan fingerprint density at radius 2 is 2.29 bits per heavy atom. The normalized spacial score (nSPS) is 11.8. The van der Waals surface area contributed by atoms with E-state index >= 15 is 0 Å². The van der Waals surface area contributed by atoms with Crippen LogP contribution in [0.4, 0.5) is 0 Å². The molecule has 1 heterocycles. The zero-order valence-corrected chi connectivity index (χ0v) is 10.9. The molecule has 88 valence electrons. The van der Waals surface area contributed by atoms with Gasteiger partial charge in [-0.3, -0.25) is 0 Å². The van der Waals surface area contributed by atoms with Gasteiger partial charge in [0.15, 0.2) is 5.84 Å². The van der Waals surface area contributed by atoms with Crippen molar-refractivity contribution in [2.24, 2.45) is 10.9 Å². The molecule has 5 nitrogen and oxygen atoms in total. The molecule has 2 aromatic rings. The van der Waals surface area contributed by atoms with Crippen molar-refractivity contribution >= 4 is 33.4 Å². The maximum Gasteiger partial charge on any atom is 0.172 e. The number of nitrogens with two attached hydrogens (primary N) is 1. The number of aromatic nitrogens is 2. The molecule has 0 unspecified atom stereocenters. The maximum atomic E-state index is 8.75. The molecule has 0 bridgehead atoms. The van der Waals surface area contributed by atoms with Gasteiger partial charge in [-0.25, -0.2) is 4.68 Å². The van der Waals surface area contributed by atoms with Crippen LogP contribution in [-0.2, 0) is 0 Å². The van der Waals surface area contributed by atoms with Gasteiger partial charge in [0, 0.05) is 16.2 Å². The van der Waals surface area contributed by atoms with Crippen LogP contribution in [0.3, 0.4) is 0 Å². The minimum atomic E-state index is 0.00734. The Balaban J connectivity index is 2.61. The molecule has 0 fully saturated rings. The molecule has 0 saturated heterocycles. The van der Waals surface area contributed by atoms with E-state index in [9.17, 15) is 0 Å². The molecule has 1 aromatic carbocycles. The zero-order valence-electron chi connectivity index (χ0n) is 8.51. The summed E-state index contributed by atoms with van der Waals surface area (Å²) in [5, 5.41) is 16.3. The van der Waals surface area contributed by atoms with Crippen molar-refractivity contribution in [3.63, 3.8) is 0 Å². The third-order valence-electron chi connectivity index (χ3n) is 2.14. The lowest BCUT2D eigenvalue weighted by atomic mass is 10.1. The average Bonchev–Trinajstić information content (AvgIpc) is 2.74. The second-order valence-corrected chi connectivity index (χ2v) is 4.60. The summed E-state index contributed by atoms with van der Waals surface area (Å²) < 4.78 is 2.38. The summed E-state index contributed by atoms with van der Waals surface area (Å²) >= 11 is 9.13. The van der Waals surface area contributed by atoms with Gasteiger partial charge in [-0.05, 0) is 18.2 Å². The first kappa shape index (κ1) is 11.9. The van der Waals surface area contributed by atoms with Gasteiger partial charge in [-0.1, -0.05) is 32.7 Å². The smallest absolute Gasteiger partial charge is 0.172 e. The molecule has 0 atom stereocenters. The van der Waals surface area contributed by atoms with Crippen LogP contribution < -0.4 is 5.73 Å². The molecule has 0 aliphatic heterocycles. The fourth-order valence-electron chi connectivity index (χ4n) is 1.40. The molecule has 0 radical (unpaired) electrons. The van der Waals surface area contributed by atoms with Crippen LogP contribution in [0, 0.1) is 0 Å². The highest BCUT2D eigenvalue weighted by atomic mass is 79.9. The SMILES string of the molecule is N/C(=N/O)c1cc(Br)ccc1-n1cc(Cl)cn1. The Labute approximate surface area is 111 Å². The number of hydrogen-bond donors (Lipinski definition) is 2. The fraction of sp³-hybridized carbons (Fsp3) is 0. The Hall–Kier alpha value is -1.53. The topological polar surface area (TPSA) is 76.4 Å². The third kappa shape index (κ3) is 2.42. The van der Waals surface area contributed by atoms with E-state index in [1.165, 1.54) is 6.20 Å². The minimum absolute atomic E-state index is 0.00734. The zero-order chi connectivity index (χ0) is 12.4. The first-order valence-corrected chi connectivity index (χ1v) is 5.77. The van der Waals surface area contributed by atoms with Crippen molar-refractivity contribution in [3.8, 4) is 5.69 Å². The van der Waals surface area contributed by atoms with Crippen LogP contribution in [-0.4, -0.2) is 20.8 Å². The summed E-state index contributed by atoms with van der Waals surface area (Å²) in [4.78, 5) is 0. The van der Waals surface area contributed by atoms with Crippen molar-refractivity contribution in [1.82, 2.24) is 9.78 Å². The lowest BCUT2D eigenvalue weighted by molar-refractivity contribution is 0.318. The molecule has 0 aliphatic carbocycles. The largest absolute Gasteiger partial charge is 0.409 e. The Kier molecular flexibility index (Phi) is 3.35. The number of hydrogen-bond acceptors (Lipinski definition) is 3. The molecule has 0 amide bonds. The standard InChI is InChI=1S/C10H8BrClN4O/c11-6-1-2-9(8(3-6)10(13)15-17)16-5-7(12)4-14-16/h1-5,17H,(H2,13,15). The van der Waals surface area contributed by atoms with Crippen molar-refractivity contribution in [2.75, 3.05) is 0 Å². The number of halogens is 2. The predicted molar refractivity (Wildman–Crippen MR) is 68.8 cm³/mol. The number of oxime groups is 1. The molecule has 1 aromatic heterocycles. The molecular formula is C10H8BrClN4O. The Bertz CT molecular complexity index is 581. The summed E-state index contributed by atoms with van der Waals surface area (Å²) in [6, 6.07) is 5.36. The molecule has 0 saturated carbocycles. The summed E-state index contributed by atoms with van der Waals surface area (Å²) in [6.45, 7) is 0. The molecule has 0 aliphatic rings. The molecular weight excluding hydrogens is 307 g/mol. The Morgan fingerprint density at radius 3 is 2.88 bits per heavy atom. The van der Waals surface area contributed by atoms with Crippen LogP contribution in [0.1, 0.15) is 5.56 Å². The van der Waals surface area contributed by atoms with Crippen LogP contribution >= 0.6 is 27.5 Å². The molecule has 0 spiro atoms. The van der Waals surface area contributed by atoms with Crippen molar-refractivity contribution in [2.45, 2.75) is 0 Å². The third-order valence-corrected chi connectivity index (χ3v) is 2.83. The van der Waals surface area contributed by atoms with E-state index in [0.29, 0.717) is 16.3 Å². The summed E-state index contributed by atoms with van der Waals surface area (Å²) in [6.07, 6.45) is 3.15. The van der Waals surface area contributed by atoms with Gasteiger partial charge in [0.05, 0.1) is 16.9 Å². The van der Waals surface area contributed by atoms with Crippen LogP contribution in [0.15, 0.2) is 40.2 Å².